The van der Waals surface area contributed by atoms with Gasteiger partial charge in [0.05, 0.1) is 22.4 Å². The third-order valence-electron chi connectivity index (χ3n) is 3.81. The highest BCUT2D eigenvalue weighted by molar-refractivity contribution is 5.75. The van der Waals surface area contributed by atoms with Crippen LogP contribution in [0.2, 0.25) is 0 Å². The van der Waals surface area contributed by atoms with Crippen LogP contribution in [-0.2, 0) is 20.0 Å². The SMILES string of the molecule is CCn1c(CC(O)c2cc(C)nn2C)nc2ccccc21. The van der Waals surface area contributed by atoms with E-state index in [2.05, 4.69) is 27.6 Å². The van der Waals surface area contributed by atoms with Crippen LogP contribution in [0.1, 0.15) is 30.2 Å². The van der Waals surface area contributed by atoms with Gasteiger partial charge in [0.15, 0.2) is 0 Å². The van der Waals surface area contributed by atoms with Gasteiger partial charge in [0.2, 0.25) is 0 Å². The molecule has 3 rings (SSSR count). The number of para-hydroxylation sites is 2. The van der Waals surface area contributed by atoms with E-state index in [0.717, 1.165) is 34.8 Å². The first-order chi connectivity index (χ1) is 10.1. The zero-order chi connectivity index (χ0) is 15.0. The second kappa shape index (κ2) is 5.33. The summed E-state index contributed by atoms with van der Waals surface area (Å²) in [6.07, 6.45) is -0.111. The molecule has 2 aromatic heterocycles. The average Bonchev–Trinajstić information content (AvgIpc) is 2.97. The molecule has 5 heteroatoms. The molecule has 1 N–H and O–H groups in total. The molecule has 0 bridgehead atoms. The van der Waals surface area contributed by atoms with E-state index in [1.54, 1.807) is 4.68 Å². The first-order valence-electron chi connectivity index (χ1n) is 7.23. The lowest BCUT2D eigenvalue weighted by Crippen LogP contribution is -2.11. The normalized spacial score (nSPS) is 13.0. The molecule has 0 fully saturated rings. The highest BCUT2D eigenvalue weighted by Gasteiger charge is 2.18. The number of aryl methyl sites for hydroxylation is 3. The van der Waals surface area contributed by atoms with Crippen LogP contribution in [0.5, 0.6) is 0 Å². The number of hydrogen-bond acceptors (Lipinski definition) is 3. The smallest absolute Gasteiger partial charge is 0.112 e. The van der Waals surface area contributed by atoms with Crippen molar-refractivity contribution in [2.75, 3.05) is 0 Å². The first kappa shape index (κ1) is 13.8. The van der Waals surface area contributed by atoms with Gasteiger partial charge in [-0.3, -0.25) is 4.68 Å². The number of fused-ring (bicyclic) bond motifs is 1. The van der Waals surface area contributed by atoms with Gasteiger partial charge in [0.1, 0.15) is 11.9 Å². The van der Waals surface area contributed by atoms with Gasteiger partial charge in [-0.15, -0.1) is 0 Å². The topological polar surface area (TPSA) is 55.9 Å². The maximum absolute atomic E-state index is 10.5. The Hall–Kier alpha value is -2.14. The molecule has 0 saturated heterocycles. The van der Waals surface area contributed by atoms with Crippen LogP contribution in [0.25, 0.3) is 11.0 Å². The summed E-state index contributed by atoms with van der Waals surface area (Å²) >= 11 is 0. The summed E-state index contributed by atoms with van der Waals surface area (Å²) in [5, 5.41) is 14.8. The van der Waals surface area contributed by atoms with Gasteiger partial charge in [-0.25, -0.2) is 4.98 Å². The standard InChI is InChI=1S/C16H20N4O/c1-4-20-13-8-6-5-7-12(13)17-16(20)10-15(21)14-9-11(2)18-19(14)3/h5-9,15,21H,4,10H2,1-3H3. The third kappa shape index (κ3) is 2.45. The molecule has 0 amide bonds. The maximum Gasteiger partial charge on any atom is 0.112 e. The van der Waals surface area contributed by atoms with Crippen molar-refractivity contribution >= 4 is 11.0 Å². The van der Waals surface area contributed by atoms with Crippen LogP contribution < -0.4 is 0 Å². The minimum atomic E-state index is -0.599. The van der Waals surface area contributed by atoms with E-state index in [0.29, 0.717) is 6.42 Å². The Morgan fingerprint density at radius 2 is 2.05 bits per heavy atom. The Morgan fingerprint density at radius 1 is 1.29 bits per heavy atom. The summed E-state index contributed by atoms with van der Waals surface area (Å²) in [7, 11) is 1.86. The van der Waals surface area contributed by atoms with Gasteiger partial charge in [-0.05, 0) is 32.0 Å². The lowest BCUT2D eigenvalue weighted by Gasteiger charge is -2.12. The predicted molar refractivity (Wildman–Crippen MR) is 82.0 cm³/mol. The Bertz CT molecular complexity index is 772. The zero-order valence-corrected chi connectivity index (χ0v) is 12.6. The van der Waals surface area contributed by atoms with Gasteiger partial charge in [-0.2, -0.15) is 5.10 Å². The van der Waals surface area contributed by atoms with Gasteiger partial charge in [0.25, 0.3) is 0 Å². The fraction of sp³-hybridized carbons (Fsp3) is 0.375. The minimum absolute atomic E-state index is 0.488. The van der Waals surface area contributed by atoms with Crippen molar-refractivity contribution < 1.29 is 5.11 Å². The van der Waals surface area contributed by atoms with Crippen LogP contribution in [0.4, 0.5) is 0 Å². The molecular weight excluding hydrogens is 264 g/mol. The maximum atomic E-state index is 10.5. The van der Waals surface area contributed by atoms with Crippen molar-refractivity contribution in [3.8, 4) is 0 Å². The number of nitrogens with zero attached hydrogens (tertiary/aromatic N) is 4. The molecule has 5 nitrogen and oxygen atoms in total. The number of aromatic nitrogens is 4. The highest BCUT2D eigenvalue weighted by Crippen LogP contribution is 2.22. The van der Waals surface area contributed by atoms with E-state index >= 15 is 0 Å². The fourth-order valence-electron chi connectivity index (χ4n) is 2.85. The van der Waals surface area contributed by atoms with E-state index in [9.17, 15) is 5.11 Å². The van der Waals surface area contributed by atoms with Gasteiger partial charge >= 0.3 is 0 Å². The number of aliphatic hydroxyl groups excluding tert-OH is 1. The van der Waals surface area contributed by atoms with Crippen molar-refractivity contribution in [1.29, 1.82) is 0 Å². The lowest BCUT2D eigenvalue weighted by atomic mass is 10.1. The Balaban J connectivity index is 1.96. The summed E-state index contributed by atoms with van der Waals surface area (Å²) in [5.41, 5.74) is 3.82. The Morgan fingerprint density at radius 3 is 2.71 bits per heavy atom. The molecule has 21 heavy (non-hydrogen) atoms. The van der Waals surface area contributed by atoms with Crippen LogP contribution in [-0.4, -0.2) is 24.4 Å². The van der Waals surface area contributed by atoms with E-state index in [-0.39, 0.29) is 0 Å². The van der Waals surface area contributed by atoms with Crippen LogP contribution >= 0.6 is 0 Å². The largest absolute Gasteiger partial charge is 0.386 e. The molecule has 0 radical (unpaired) electrons. The summed E-state index contributed by atoms with van der Waals surface area (Å²) in [6, 6.07) is 9.99. The number of rotatable bonds is 4. The van der Waals surface area contributed by atoms with Gasteiger partial charge in [-0.1, -0.05) is 12.1 Å². The van der Waals surface area contributed by atoms with Crippen molar-refractivity contribution in [3.05, 3.63) is 47.5 Å². The van der Waals surface area contributed by atoms with Crippen LogP contribution in [0.15, 0.2) is 30.3 Å². The molecule has 2 heterocycles. The lowest BCUT2D eigenvalue weighted by molar-refractivity contribution is 0.165. The van der Waals surface area contributed by atoms with E-state index < -0.39 is 6.10 Å². The Kier molecular flexibility index (Phi) is 3.51. The molecule has 0 spiro atoms. The average molecular weight is 284 g/mol. The molecule has 1 atom stereocenters. The van der Waals surface area contributed by atoms with Crippen LogP contribution in [0, 0.1) is 6.92 Å². The molecular formula is C16H20N4O. The summed E-state index contributed by atoms with van der Waals surface area (Å²) in [4.78, 5) is 4.66. The molecule has 110 valence electrons. The Labute approximate surface area is 123 Å². The fourth-order valence-corrected chi connectivity index (χ4v) is 2.85. The van der Waals surface area contributed by atoms with E-state index in [1.807, 2.05) is 38.2 Å². The number of benzene rings is 1. The predicted octanol–water partition coefficient (Wildman–Crippen LogP) is 2.37. The summed E-state index contributed by atoms with van der Waals surface area (Å²) in [6.45, 7) is 4.86. The summed E-state index contributed by atoms with van der Waals surface area (Å²) < 4.78 is 3.89. The van der Waals surface area contributed by atoms with Crippen molar-refractivity contribution in [1.82, 2.24) is 19.3 Å². The number of aliphatic hydroxyl groups is 1. The molecule has 0 aliphatic rings. The van der Waals surface area contributed by atoms with Crippen molar-refractivity contribution in [3.63, 3.8) is 0 Å². The molecule has 0 saturated carbocycles. The quantitative estimate of drug-likeness (QED) is 0.800. The number of imidazole rings is 1. The van der Waals surface area contributed by atoms with E-state index in [1.165, 1.54) is 0 Å². The molecule has 3 aromatic rings. The molecule has 1 unspecified atom stereocenters. The minimum Gasteiger partial charge on any atom is -0.386 e. The zero-order valence-electron chi connectivity index (χ0n) is 12.6. The molecule has 1 aromatic carbocycles. The second-order valence-electron chi connectivity index (χ2n) is 5.32. The monoisotopic (exact) mass is 284 g/mol. The third-order valence-corrected chi connectivity index (χ3v) is 3.81. The second-order valence-corrected chi connectivity index (χ2v) is 5.32. The first-order valence-corrected chi connectivity index (χ1v) is 7.23. The number of hydrogen-bond donors (Lipinski definition) is 1. The highest BCUT2D eigenvalue weighted by atomic mass is 16.3. The summed E-state index contributed by atoms with van der Waals surface area (Å²) in [5.74, 6) is 0.907. The molecule has 0 aliphatic heterocycles. The van der Waals surface area contributed by atoms with Gasteiger partial charge < -0.3 is 9.67 Å². The van der Waals surface area contributed by atoms with Crippen LogP contribution in [0.3, 0.4) is 0 Å². The van der Waals surface area contributed by atoms with Crippen molar-refractivity contribution in [2.24, 2.45) is 7.05 Å². The molecule has 0 aliphatic carbocycles. The van der Waals surface area contributed by atoms with Crippen molar-refractivity contribution in [2.45, 2.75) is 32.9 Å². The van der Waals surface area contributed by atoms with Gasteiger partial charge in [0, 0.05) is 20.0 Å². The van der Waals surface area contributed by atoms with E-state index in [4.69, 9.17) is 0 Å².